The third kappa shape index (κ3) is 7.33. The van der Waals surface area contributed by atoms with Gasteiger partial charge in [0.1, 0.15) is 29.8 Å². The van der Waals surface area contributed by atoms with Crippen molar-refractivity contribution in [1.82, 2.24) is 39.5 Å². The van der Waals surface area contributed by atoms with Crippen molar-refractivity contribution in [2.75, 3.05) is 41.3 Å². The summed E-state index contributed by atoms with van der Waals surface area (Å²) in [6, 6.07) is 35.7. The largest absolute Gasteiger partial charge is 0.340 e. The highest BCUT2D eigenvalue weighted by atomic mass is 16.2. The van der Waals surface area contributed by atoms with Gasteiger partial charge in [0.2, 0.25) is 11.8 Å². The topological polar surface area (TPSA) is 104 Å². The zero-order chi connectivity index (χ0) is 38.8. The van der Waals surface area contributed by atoms with Crippen molar-refractivity contribution in [3.63, 3.8) is 0 Å². The van der Waals surface area contributed by atoms with E-state index in [1.165, 1.54) is 0 Å². The minimum Gasteiger partial charge on any atom is -0.340 e. The second kappa shape index (κ2) is 15.9. The monoisotopic (exact) mass is 744 g/mol. The van der Waals surface area contributed by atoms with Crippen LogP contribution >= 0.6 is 0 Å². The first kappa shape index (κ1) is 36.9. The van der Waals surface area contributed by atoms with Crippen molar-refractivity contribution in [3.05, 3.63) is 157 Å². The Bertz CT molecular complexity index is 2290. The molecule has 4 aromatic carbocycles. The van der Waals surface area contributed by atoms with E-state index in [2.05, 4.69) is 58.5 Å². The number of hydrogen-bond acceptors (Lipinski definition) is 6. The van der Waals surface area contributed by atoms with Gasteiger partial charge in [0.05, 0.1) is 29.8 Å². The van der Waals surface area contributed by atoms with Crippen LogP contribution in [0.5, 0.6) is 0 Å². The molecule has 0 aliphatic carbocycles. The molecule has 6 aromatic rings. The Morgan fingerprint density at radius 3 is 1.61 bits per heavy atom. The minimum absolute atomic E-state index is 0.0438. The molecule has 0 saturated carbocycles. The van der Waals surface area contributed by atoms with Crippen molar-refractivity contribution < 1.29 is 9.59 Å². The Hall–Kier alpha value is -6.10. The molecule has 2 aliphatic heterocycles. The summed E-state index contributed by atoms with van der Waals surface area (Å²) in [6.45, 7) is 1.26. The van der Waals surface area contributed by atoms with Crippen molar-refractivity contribution >= 4 is 11.8 Å². The Kier molecular flexibility index (Phi) is 10.5. The first-order valence-corrected chi connectivity index (χ1v) is 19.3. The van der Waals surface area contributed by atoms with Gasteiger partial charge < -0.3 is 19.8 Å². The number of aromatic amines is 2. The summed E-state index contributed by atoms with van der Waals surface area (Å²) in [7, 11) is 7.80. The molecule has 0 radical (unpaired) electrons. The molecule has 1 saturated heterocycles. The van der Waals surface area contributed by atoms with Gasteiger partial charge in [-0.3, -0.25) is 19.4 Å². The minimum atomic E-state index is -0.381. The van der Waals surface area contributed by atoms with Gasteiger partial charge in [0, 0.05) is 13.1 Å². The lowest BCUT2D eigenvalue weighted by Crippen LogP contribution is -2.40. The van der Waals surface area contributed by atoms with E-state index in [9.17, 15) is 9.59 Å². The maximum atomic E-state index is 13.9. The summed E-state index contributed by atoms with van der Waals surface area (Å²) < 4.78 is 0. The number of likely N-dealkylation sites (N-methyl/N-ethyl adjacent to an activating group) is 2. The van der Waals surface area contributed by atoms with Crippen molar-refractivity contribution in [1.29, 1.82) is 0 Å². The van der Waals surface area contributed by atoms with E-state index in [1.54, 1.807) is 0 Å². The molecule has 10 nitrogen and oxygen atoms in total. The first-order valence-electron chi connectivity index (χ1n) is 19.3. The van der Waals surface area contributed by atoms with Crippen LogP contribution in [0.3, 0.4) is 0 Å². The zero-order valence-electron chi connectivity index (χ0n) is 32.3. The van der Waals surface area contributed by atoms with Gasteiger partial charge >= 0.3 is 0 Å². The van der Waals surface area contributed by atoms with E-state index < -0.39 is 0 Å². The van der Waals surface area contributed by atoms with Gasteiger partial charge in [-0.15, -0.1) is 0 Å². The normalized spacial score (nSPS) is 17.9. The van der Waals surface area contributed by atoms with Gasteiger partial charge in [0.15, 0.2) is 0 Å². The van der Waals surface area contributed by atoms with E-state index in [1.807, 2.05) is 133 Å². The molecule has 4 heterocycles. The van der Waals surface area contributed by atoms with Crippen molar-refractivity contribution in [2.45, 2.75) is 37.0 Å². The van der Waals surface area contributed by atoms with E-state index >= 15 is 0 Å². The molecule has 284 valence electrons. The molecule has 0 spiro atoms. The van der Waals surface area contributed by atoms with Crippen molar-refractivity contribution in [3.8, 4) is 33.6 Å². The summed E-state index contributed by atoms with van der Waals surface area (Å²) in [5.41, 5.74) is 8.05. The molecule has 2 aliphatic rings. The fourth-order valence-corrected chi connectivity index (χ4v) is 8.18. The number of benzene rings is 4. The molecule has 4 atom stereocenters. The van der Waals surface area contributed by atoms with Crippen LogP contribution in [-0.4, -0.2) is 92.6 Å². The van der Waals surface area contributed by atoms with E-state index in [0.717, 1.165) is 75.8 Å². The molecule has 2 N–H and O–H groups in total. The van der Waals surface area contributed by atoms with Gasteiger partial charge in [-0.1, -0.05) is 121 Å². The molecule has 2 amide bonds. The number of nitrogens with zero attached hydrogens (tertiary/aromatic N) is 6. The number of imidazole rings is 2. The summed E-state index contributed by atoms with van der Waals surface area (Å²) in [5.74, 6) is 1.71. The number of rotatable bonds is 11. The summed E-state index contributed by atoms with van der Waals surface area (Å²) >= 11 is 0. The maximum absolute atomic E-state index is 13.9. The number of nitrogens with one attached hydrogen (secondary N) is 2. The number of aromatic nitrogens is 4. The fourth-order valence-electron chi connectivity index (χ4n) is 8.18. The SMILES string of the molecule is CN(C)C(C(=O)N1CC=CC1c1ncc(-c2ccc(-c3ccc(-c4cnc(C5CCCN5C(=O)C(c5ccccc5)N(C)C)[nH]4)cc3)cc2)[nH]1)c1ccccc1. The van der Waals surface area contributed by atoms with Crippen molar-refractivity contribution in [2.24, 2.45) is 0 Å². The van der Waals surface area contributed by atoms with E-state index in [0.29, 0.717) is 6.54 Å². The summed E-state index contributed by atoms with van der Waals surface area (Å²) in [5, 5.41) is 0. The molecule has 1 fully saturated rings. The Morgan fingerprint density at radius 1 is 0.625 bits per heavy atom. The van der Waals surface area contributed by atoms with E-state index in [4.69, 9.17) is 9.97 Å². The quantitative estimate of drug-likeness (QED) is 0.131. The first-order chi connectivity index (χ1) is 27.3. The zero-order valence-corrected chi connectivity index (χ0v) is 32.3. The predicted octanol–water partition coefficient (Wildman–Crippen LogP) is 7.84. The molecule has 0 bridgehead atoms. The average molecular weight is 745 g/mol. The molecule has 2 aromatic heterocycles. The summed E-state index contributed by atoms with van der Waals surface area (Å²) in [4.78, 5) is 52.2. The Labute approximate surface area is 328 Å². The van der Waals surface area contributed by atoms with Crippen LogP contribution in [0.4, 0.5) is 0 Å². The third-order valence-corrected chi connectivity index (χ3v) is 11.0. The van der Waals surface area contributed by atoms with E-state index in [-0.39, 0.29) is 36.0 Å². The molecular weight excluding hydrogens is 697 g/mol. The van der Waals surface area contributed by atoms with Gasteiger partial charge in [-0.25, -0.2) is 9.97 Å². The predicted molar refractivity (Wildman–Crippen MR) is 220 cm³/mol. The lowest BCUT2D eigenvalue weighted by Gasteiger charge is -2.31. The molecule has 10 heteroatoms. The number of likely N-dealkylation sites (tertiary alicyclic amines) is 1. The summed E-state index contributed by atoms with van der Waals surface area (Å²) in [6.07, 6.45) is 9.63. The second-order valence-electron chi connectivity index (χ2n) is 15.1. The lowest BCUT2D eigenvalue weighted by atomic mass is 10.0. The molecule has 8 rings (SSSR count). The Morgan fingerprint density at radius 2 is 1.09 bits per heavy atom. The lowest BCUT2D eigenvalue weighted by molar-refractivity contribution is -0.138. The van der Waals surface area contributed by atoms with Crippen LogP contribution in [0, 0.1) is 0 Å². The third-order valence-electron chi connectivity index (χ3n) is 11.0. The van der Waals surface area contributed by atoms with Crippen LogP contribution in [0.2, 0.25) is 0 Å². The number of amides is 2. The number of carbonyl (C=O) groups excluding carboxylic acids is 2. The van der Waals surface area contributed by atoms with Crippen LogP contribution in [0.1, 0.15) is 59.8 Å². The molecule has 56 heavy (non-hydrogen) atoms. The van der Waals surface area contributed by atoms with Crippen LogP contribution in [0.15, 0.2) is 134 Å². The highest BCUT2D eigenvalue weighted by molar-refractivity contribution is 5.85. The van der Waals surface area contributed by atoms with Gasteiger partial charge in [0.25, 0.3) is 0 Å². The van der Waals surface area contributed by atoms with Crippen LogP contribution < -0.4 is 0 Å². The van der Waals surface area contributed by atoms with Crippen LogP contribution in [0.25, 0.3) is 33.6 Å². The number of carbonyl (C=O) groups is 2. The van der Waals surface area contributed by atoms with Crippen LogP contribution in [-0.2, 0) is 9.59 Å². The second-order valence-corrected chi connectivity index (χ2v) is 15.1. The smallest absolute Gasteiger partial charge is 0.245 e. The highest BCUT2D eigenvalue weighted by Crippen LogP contribution is 2.36. The maximum Gasteiger partial charge on any atom is 0.245 e. The van der Waals surface area contributed by atoms with Gasteiger partial charge in [-0.05, 0) is 74.4 Å². The standard InChI is InChI=1S/C46H48N8O2/c1-51(2)41(35-13-7-5-8-14-35)45(55)53-27-11-17-39(53)43-47-29-37(49-43)33-23-19-31(20-24-33)32-21-25-34(26-22-32)38-30-48-44(50-38)40-18-12-28-54(40)46(56)42(52(3)4)36-15-9-6-10-16-36/h5-11,13-17,19-26,29-30,39-42H,12,18,27-28H2,1-4H3,(H,47,49)(H,48,50). The average Bonchev–Trinajstić information content (AvgIpc) is 4.06. The van der Waals surface area contributed by atoms with Gasteiger partial charge in [-0.2, -0.15) is 0 Å². The number of hydrogen-bond donors (Lipinski definition) is 2. The number of H-pyrrole nitrogens is 2. The Balaban J connectivity index is 0.932. The fraction of sp³-hybridized carbons (Fsp3) is 0.261. The highest BCUT2D eigenvalue weighted by Gasteiger charge is 2.37. The molecule has 4 unspecified atom stereocenters. The molecular formula is C46H48N8O2.